The van der Waals surface area contributed by atoms with Crippen molar-refractivity contribution in [3.05, 3.63) is 74.5 Å². The Morgan fingerprint density at radius 1 is 1.21 bits per heavy atom. The molecule has 0 amide bonds. The Kier molecular flexibility index (Phi) is 5.62. The Bertz CT molecular complexity index is 1130. The van der Waals surface area contributed by atoms with E-state index in [9.17, 15) is 23.5 Å². The molecule has 0 aliphatic carbocycles. The van der Waals surface area contributed by atoms with E-state index in [4.69, 9.17) is 16.7 Å². The maximum absolute atomic E-state index is 14.2. The fourth-order valence-corrected chi connectivity index (χ4v) is 3.10. The summed E-state index contributed by atoms with van der Waals surface area (Å²) in [4.78, 5) is 23.4. The van der Waals surface area contributed by atoms with E-state index in [1.165, 1.54) is 16.8 Å². The van der Waals surface area contributed by atoms with Crippen molar-refractivity contribution >= 4 is 28.7 Å². The fourth-order valence-electron chi connectivity index (χ4n) is 2.92. The average molecular weight is 410 g/mol. The SMILES string of the molecule is O=C(O)Oc1cn(CCO)c2ccc(Cc3c(F)ccc(Cl)c3F)cc2c1=O. The van der Waals surface area contributed by atoms with Gasteiger partial charge in [-0.15, -0.1) is 0 Å². The molecule has 0 unspecified atom stereocenters. The minimum atomic E-state index is -1.66. The first kappa shape index (κ1) is 19.8. The standard InChI is InChI=1S/C19H14ClF2NO5/c20-13-2-3-14(21)11(17(13)22)7-10-1-4-15-12(8-10)18(25)16(28-19(26)27)9-23(15)5-6-24/h1-4,8-9,24H,5-7H2,(H,26,27). The second kappa shape index (κ2) is 7.95. The van der Waals surface area contributed by atoms with E-state index >= 15 is 0 Å². The number of ether oxygens (including phenoxy) is 1. The predicted molar refractivity (Wildman–Crippen MR) is 98.1 cm³/mol. The largest absolute Gasteiger partial charge is 0.511 e. The average Bonchev–Trinajstić information content (AvgIpc) is 2.65. The summed E-state index contributed by atoms with van der Waals surface area (Å²) in [5.74, 6) is -2.10. The molecule has 2 aromatic carbocycles. The number of aliphatic hydroxyl groups is 1. The Labute approximate surface area is 162 Å². The highest BCUT2D eigenvalue weighted by Gasteiger charge is 2.16. The first-order chi connectivity index (χ1) is 13.3. The van der Waals surface area contributed by atoms with Crippen LogP contribution in [0.15, 0.2) is 41.3 Å². The van der Waals surface area contributed by atoms with Crippen molar-refractivity contribution in [3.63, 3.8) is 0 Å². The molecule has 3 aromatic rings. The fraction of sp³-hybridized carbons (Fsp3) is 0.158. The third-order valence-corrected chi connectivity index (χ3v) is 4.46. The predicted octanol–water partition coefficient (Wildman–Crippen LogP) is 3.57. The van der Waals surface area contributed by atoms with E-state index in [1.807, 2.05) is 0 Å². The zero-order valence-corrected chi connectivity index (χ0v) is 15.0. The number of fused-ring (bicyclic) bond motifs is 1. The van der Waals surface area contributed by atoms with Crippen LogP contribution in [0.5, 0.6) is 5.75 Å². The lowest BCUT2D eigenvalue weighted by atomic mass is 10.0. The summed E-state index contributed by atoms with van der Waals surface area (Å²) in [6, 6.07) is 6.69. The van der Waals surface area contributed by atoms with E-state index in [2.05, 4.69) is 4.74 Å². The van der Waals surface area contributed by atoms with Crippen molar-refractivity contribution in [2.24, 2.45) is 0 Å². The minimum Gasteiger partial charge on any atom is -0.449 e. The first-order valence-corrected chi connectivity index (χ1v) is 8.49. The van der Waals surface area contributed by atoms with Gasteiger partial charge in [0.05, 0.1) is 23.3 Å². The Balaban J connectivity index is 2.15. The smallest absolute Gasteiger partial charge is 0.449 e. The van der Waals surface area contributed by atoms with Crippen LogP contribution < -0.4 is 10.2 Å². The van der Waals surface area contributed by atoms with Crippen LogP contribution in [-0.4, -0.2) is 27.5 Å². The van der Waals surface area contributed by atoms with Gasteiger partial charge < -0.3 is 19.5 Å². The number of halogens is 3. The van der Waals surface area contributed by atoms with Crippen molar-refractivity contribution in [3.8, 4) is 5.75 Å². The molecule has 0 saturated heterocycles. The lowest BCUT2D eigenvalue weighted by Gasteiger charge is -2.13. The molecule has 28 heavy (non-hydrogen) atoms. The van der Waals surface area contributed by atoms with E-state index in [-0.39, 0.29) is 35.5 Å². The summed E-state index contributed by atoms with van der Waals surface area (Å²) in [5, 5.41) is 17.9. The molecule has 0 aliphatic rings. The molecular formula is C19H14ClF2NO5. The molecule has 146 valence electrons. The number of carboxylic acid groups (broad SMARTS) is 1. The molecule has 6 nitrogen and oxygen atoms in total. The second-order valence-corrected chi connectivity index (χ2v) is 6.36. The van der Waals surface area contributed by atoms with Crippen molar-refractivity contribution < 1.29 is 28.5 Å². The quantitative estimate of drug-likeness (QED) is 0.496. The lowest BCUT2D eigenvalue weighted by Crippen LogP contribution is -2.17. The molecule has 0 aliphatic heterocycles. The van der Waals surface area contributed by atoms with Gasteiger partial charge in [-0.05, 0) is 29.8 Å². The molecule has 3 rings (SSSR count). The summed E-state index contributed by atoms with van der Waals surface area (Å²) in [5.41, 5.74) is -0.124. The van der Waals surface area contributed by atoms with Crippen molar-refractivity contribution in [1.82, 2.24) is 4.57 Å². The minimum absolute atomic E-state index is 0.0870. The van der Waals surface area contributed by atoms with Crippen LogP contribution in [0.3, 0.4) is 0 Å². The summed E-state index contributed by atoms with van der Waals surface area (Å²) in [6.45, 7) is -0.172. The van der Waals surface area contributed by atoms with Gasteiger partial charge in [-0.1, -0.05) is 17.7 Å². The highest BCUT2D eigenvalue weighted by Crippen LogP contribution is 2.25. The monoisotopic (exact) mass is 409 g/mol. The van der Waals surface area contributed by atoms with Crippen LogP contribution in [0.1, 0.15) is 11.1 Å². The van der Waals surface area contributed by atoms with Gasteiger partial charge in [-0.3, -0.25) is 4.79 Å². The molecular weight excluding hydrogens is 396 g/mol. The third kappa shape index (κ3) is 3.83. The van der Waals surface area contributed by atoms with Crippen LogP contribution in [0.2, 0.25) is 5.02 Å². The van der Waals surface area contributed by atoms with Crippen LogP contribution >= 0.6 is 11.6 Å². The highest BCUT2D eigenvalue weighted by molar-refractivity contribution is 6.30. The van der Waals surface area contributed by atoms with E-state index in [1.54, 1.807) is 12.1 Å². The molecule has 1 aromatic heterocycles. The van der Waals surface area contributed by atoms with E-state index < -0.39 is 29.0 Å². The summed E-state index contributed by atoms with van der Waals surface area (Å²) < 4.78 is 34.1. The van der Waals surface area contributed by atoms with Gasteiger partial charge in [0.15, 0.2) is 5.75 Å². The van der Waals surface area contributed by atoms with E-state index in [0.717, 1.165) is 12.1 Å². The molecule has 0 atom stereocenters. The van der Waals surface area contributed by atoms with Crippen molar-refractivity contribution in [1.29, 1.82) is 0 Å². The summed E-state index contributed by atoms with van der Waals surface area (Å²) in [7, 11) is 0. The molecule has 0 fully saturated rings. The van der Waals surface area contributed by atoms with Gasteiger partial charge in [0.1, 0.15) is 11.6 Å². The third-order valence-electron chi connectivity index (χ3n) is 4.17. The van der Waals surface area contributed by atoms with Gasteiger partial charge in [0, 0.05) is 23.9 Å². The number of aliphatic hydroxyl groups excluding tert-OH is 1. The highest BCUT2D eigenvalue weighted by atomic mass is 35.5. The number of hydrogen-bond donors (Lipinski definition) is 2. The zero-order chi connectivity index (χ0) is 20.4. The Morgan fingerprint density at radius 3 is 2.64 bits per heavy atom. The number of benzene rings is 2. The summed E-state index contributed by atoms with van der Waals surface area (Å²) in [6.07, 6.45) is -0.644. The van der Waals surface area contributed by atoms with Crippen LogP contribution in [-0.2, 0) is 13.0 Å². The van der Waals surface area contributed by atoms with Crippen LogP contribution in [0, 0.1) is 11.6 Å². The number of rotatable bonds is 5. The zero-order valence-electron chi connectivity index (χ0n) is 14.3. The molecule has 0 spiro atoms. The van der Waals surface area contributed by atoms with Gasteiger partial charge in [-0.2, -0.15) is 0 Å². The maximum Gasteiger partial charge on any atom is 0.511 e. The molecule has 0 saturated carbocycles. The van der Waals surface area contributed by atoms with Gasteiger partial charge in [-0.25, -0.2) is 13.6 Å². The van der Waals surface area contributed by atoms with Gasteiger partial charge >= 0.3 is 6.16 Å². The van der Waals surface area contributed by atoms with E-state index in [0.29, 0.717) is 11.1 Å². The number of hydrogen-bond acceptors (Lipinski definition) is 4. The number of pyridine rings is 1. The molecule has 2 N–H and O–H groups in total. The van der Waals surface area contributed by atoms with Gasteiger partial charge in [0.25, 0.3) is 0 Å². The maximum atomic E-state index is 14.2. The normalized spacial score (nSPS) is 11.0. The molecule has 9 heteroatoms. The Hall–Kier alpha value is -2.97. The van der Waals surface area contributed by atoms with Crippen molar-refractivity contribution in [2.45, 2.75) is 13.0 Å². The summed E-state index contributed by atoms with van der Waals surface area (Å²) >= 11 is 5.71. The van der Waals surface area contributed by atoms with Crippen molar-refractivity contribution in [2.75, 3.05) is 6.61 Å². The number of carbonyl (C=O) groups is 1. The number of aromatic nitrogens is 1. The first-order valence-electron chi connectivity index (χ1n) is 8.12. The molecule has 1 heterocycles. The van der Waals surface area contributed by atoms with Crippen LogP contribution in [0.4, 0.5) is 13.6 Å². The van der Waals surface area contributed by atoms with Gasteiger partial charge in [0.2, 0.25) is 5.43 Å². The van der Waals surface area contributed by atoms with Crippen LogP contribution in [0.25, 0.3) is 10.9 Å². The number of nitrogens with zero attached hydrogens (tertiary/aromatic N) is 1. The second-order valence-electron chi connectivity index (χ2n) is 5.96. The molecule has 0 radical (unpaired) electrons. The topological polar surface area (TPSA) is 88.8 Å². The lowest BCUT2D eigenvalue weighted by molar-refractivity contribution is 0.143. The molecule has 0 bridgehead atoms. The Morgan fingerprint density at radius 2 is 1.96 bits per heavy atom.